The van der Waals surface area contributed by atoms with Crippen molar-refractivity contribution in [3.63, 3.8) is 0 Å². The van der Waals surface area contributed by atoms with E-state index < -0.39 is 0 Å². The Bertz CT molecular complexity index is 1170. The van der Waals surface area contributed by atoms with E-state index in [-0.39, 0.29) is 5.56 Å². The van der Waals surface area contributed by atoms with Gasteiger partial charge < -0.3 is 4.42 Å². The number of fused-ring (bicyclic) bond motifs is 1. The van der Waals surface area contributed by atoms with Gasteiger partial charge in [0.1, 0.15) is 11.4 Å². The van der Waals surface area contributed by atoms with Crippen LogP contribution < -0.4 is 5.56 Å². The van der Waals surface area contributed by atoms with Gasteiger partial charge in [0.25, 0.3) is 5.56 Å². The number of thioether (sulfide) groups is 1. The Morgan fingerprint density at radius 3 is 2.96 bits per heavy atom. The second kappa shape index (κ2) is 7.24. The fourth-order valence-electron chi connectivity index (χ4n) is 2.82. The number of pyridine rings is 1. The van der Waals surface area contributed by atoms with Gasteiger partial charge in [-0.2, -0.15) is 0 Å². The third-order valence-corrected chi connectivity index (χ3v) is 5.10. The Morgan fingerprint density at radius 2 is 2.19 bits per heavy atom. The minimum absolute atomic E-state index is 0.0986. The molecule has 8 heteroatoms. The lowest BCUT2D eigenvalue weighted by Crippen LogP contribution is -2.14. The summed E-state index contributed by atoms with van der Waals surface area (Å²) in [4.78, 5) is 16.8. The van der Waals surface area contributed by atoms with Crippen molar-refractivity contribution in [1.29, 1.82) is 0 Å². The summed E-state index contributed by atoms with van der Waals surface area (Å²) in [5.41, 5.74) is 2.13. The topological polar surface area (TPSA) is 78.2 Å². The third kappa shape index (κ3) is 3.31. The van der Waals surface area contributed by atoms with Crippen LogP contribution in [0.4, 0.5) is 0 Å². The van der Waals surface area contributed by atoms with Crippen molar-refractivity contribution in [1.82, 2.24) is 24.1 Å². The van der Waals surface area contributed by atoms with Crippen molar-refractivity contribution in [2.24, 2.45) is 0 Å². The summed E-state index contributed by atoms with van der Waals surface area (Å²) in [6.45, 7) is 6.28. The molecule has 27 heavy (non-hydrogen) atoms. The standard InChI is InChI=1S/C19H17N5O2S/c1-3-8-24-18(15-7-10-26-13(15)2)21-22-19(24)27-12-14-11-17(25)23-9-5-4-6-16(23)20-14/h3-7,9-11H,1,8,12H2,2H3. The highest BCUT2D eigenvalue weighted by Crippen LogP contribution is 2.28. The van der Waals surface area contributed by atoms with Gasteiger partial charge >= 0.3 is 0 Å². The molecule has 0 bridgehead atoms. The molecular weight excluding hydrogens is 362 g/mol. The second-order valence-electron chi connectivity index (χ2n) is 5.90. The van der Waals surface area contributed by atoms with Gasteiger partial charge in [0.15, 0.2) is 11.0 Å². The van der Waals surface area contributed by atoms with Crippen LogP contribution in [0.2, 0.25) is 0 Å². The first-order valence-corrected chi connectivity index (χ1v) is 9.34. The van der Waals surface area contributed by atoms with Gasteiger partial charge in [-0.1, -0.05) is 23.9 Å². The van der Waals surface area contributed by atoms with Crippen LogP contribution in [0.1, 0.15) is 11.5 Å². The van der Waals surface area contributed by atoms with Gasteiger partial charge in [0.2, 0.25) is 0 Å². The predicted octanol–water partition coefficient (Wildman–Crippen LogP) is 3.33. The number of hydrogen-bond donors (Lipinski definition) is 0. The van der Waals surface area contributed by atoms with E-state index in [1.54, 1.807) is 24.6 Å². The summed E-state index contributed by atoms with van der Waals surface area (Å²) in [7, 11) is 0. The summed E-state index contributed by atoms with van der Waals surface area (Å²) in [5, 5.41) is 9.36. The smallest absolute Gasteiger partial charge is 0.258 e. The van der Waals surface area contributed by atoms with E-state index in [9.17, 15) is 4.79 Å². The number of nitrogens with zero attached hydrogens (tertiary/aromatic N) is 5. The molecule has 0 aliphatic rings. The van der Waals surface area contributed by atoms with E-state index in [1.807, 2.05) is 35.8 Å². The van der Waals surface area contributed by atoms with Crippen LogP contribution in [0.3, 0.4) is 0 Å². The summed E-state index contributed by atoms with van der Waals surface area (Å²) >= 11 is 1.48. The first kappa shape index (κ1) is 17.3. The largest absolute Gasteiger partial charge is 0.469 e. The van der Waals surface area contributed by atoms with Crippen molar-refractivity contribution in [2.45, 2.75) is 24.4 Å². The summed E-state index contributed by atoms with van der Waals surface area (Å²) in [5.74, 6) is 2.03. The third-order valence-electron chi connectivity index (χ3n) is 4.10. The quantitative estimate of drug-likeness (QED) is 0.378. The monoisotopic (exact) mass is 379 g/mol. The average Bonchev–Trinajstić information content (AvgIpc) is 3.26. The van der Waals surface area contributed by atoms with E-state index in [4.69, 9.17) is 4.42 Å². The molecule has 7 nitrogen and oxygen atoms in total. The van der Waals surface area contributed by atoms with E-state index in [0.29, 0.717) is 23.6 Å². The van der Waals surface area contributed by atoms with E-state index in [0.717, 1.165) is 22.3 Å². The van der Waals surface area contributed by atoms with Crippen molar-refractivity contribution < 1.29 is 4.42 Å². The number of furan rings is 1. The molecule has 136 valence electrons. The average molecular weight is 379 g/mol. The van der Waals surface area contributed by atoms with Crippen molar-refractivity contribution in [3.8, 4) is 11.4 Å². The molecule has 4 heterocycles. The van der Waals surface area contributed by atoms with E-state index >= 15 is 0 Å². The molecule has 0 aliphatic carbocycles. The molecule has 0 radical (unpaired) electrons. The second-order valence-corrected chi connectivity index (χ2v) is 6.84. The number of aromatic nitrogens is 5. The zero-order valence-electron chi connectivity index (χ0n) is 14.7. The number of hydrogen-bond acceptors (Lipinski definition) is 6. The minimum Gasteiger partial charge on any atom is -0.469 e. The molecule has 4 rings (SSSR count). The van der Waals surface area contributed by atoms with Crippen LogP contribution in [0, 0.1) is 6.92 Å². The Morgan fingerprint density at radius 1 is 1.30 bits per heavy atom. The lowest BCUT2D eigenvalue weighted by atomic mass is 10.2. The Kier molecular flexibility index (Phi) is 4.64. The highest BCUT2D eigenvalue weighted by molar-refractivity contribution is 7.98. The Balaban J connectivity index is 1.64. The zero-order valence-corrected chi connectivity index (χ0v) is 15.5. The highest BCUT2D eigenvalue weighted by atomic mass is 32.2. The predicted molar refractivity (Wildman–Crippen MR) is 104 cm³/mol. The molecular formula is C19H17N5O2S. The van der Waals surface area contributed by atoms with Gasteiger partial charge in [-0.15, -0.1) is 16.8 Å². The van der Waals surface area contributed by atoms with Gasteiger partial charge in [0, 0.05) is 24.6 Å². The molecule has 0 amide bonds. The molecule has 0 unspecified atom stereocenters. The van der Waals surface area contributed by atoms with Gasteiger partial charge in [0.05, 0.1) is 17.5 Å². The minimum atomic E-state index is -0.0986. The highest BCUT2D eigenvalue weighted by Gasteiger charge is 2.17. The number of allylic oxidation sites excluding steroid dienone is 1. The van der Waals surface area contributed by atoms with Crippen LogP contribution in [0.5, 0.6) is 0 Å². The molecule has 0 aromatic carbocycles. The fourth-order valence-corrected chi connectivity index (χ4v) is 3.66. The molecule has 0 atom stereocenters. The normalized spacial score (nSPS) is 11.1. The molecule has 0 aliphatic heterocycles. The molecule has 4 aromatic rings. The first-order valence-electron chi connectivity index (χ1n) is 8.36. The molecule has 0 fully saturated rings. The van der Waals surface area contributed by atoms with E-state index in [1.165, 1.54) is 16.2 Å². The maximum Gasteiger partial charge on any atom is 0.258 e. The van der Waals surface area contributed by atoms with Crippen LogP contribution >= 0.6 is 11.8 Å². The van der Waals surface area contributed by atoms with Crippen LogP contribution in [-0.4, -0.2) is 24.1 Å². The summed E-state index contributed by atoms with van der Waals surface area (Å²) < 4.78 is 8.88. The van der Waals surface area contributed by atoms with Crippen molar-refractivity contribution in [2.75, 3.05) is 0 Å². The van der Waals surface area contributed by atoms with Gasteiger partial charge in [-0.3, -0.25) is 13.8 Å². The maximum atomic E-state index is 12.2. The number of rotatable bonds is 6. The molecule has 0 N–H and O–H groups in total. The summed E-state index contributed by atoms with van der Waals surface area (Å²) in [6, 6.07) is 8.91. The van der Waals surface area contributed by atoms with Crippen LogP contribution in [0.15, 0.2) is 69.8 Å². The van der Waals surface area contributed by atoms with Gasteiger partial charge in [-0.05, 0) is 25.1 Å². The Labute approximate surface area is 159 Å². The number of aryl methyl sites for hydroxylation is 1. The maximum absolute atomic E-state index is 12.2. The fraction of sp³-hybridized carbons (Fsp3) is 0.158. The zero-order chi connectivity index (χ0) is 18.8. The molecule has 0 saturated carbocycles. The molecule has 0 saturated heterocycles. The van der Waals surface area contributed by atoms with Crippen LogP contribution in [-0.2, 0) is 12.3 Å². The van der Waals surface area contributed by atoms with E-state index in [2.05, 4.69) is 21.8 Å². The Hall–Kier alpha value is -3.13. The lowest BCUT2D eigenvalue weighted by molar-refractivity contribution is 0.534. The van der Waals surface area contributed by atoms with Crippen molar-refractivity contribution >= 4 is 17.4 Å². The van der Waals surface area contributed by atoms with Crippen molar-refractivity contribution in [3.05, 3.63) is 77.3 Å². The molecule has 4 aromatic heterocycles. The van der Waals surface area contributed by atoms with Gasteiger partial charge in [-0.25, -0.2) is 4.98 Å². The SMILES string of the molecule is C=CCn1c(SCc2cc(=O)n3ccccc3n2)nnc1-c1ccoc1C. The summed E-state index contributed by atoms with van der Waals surface area (Å²) in [6.07, 6.45) is 5.14. The lowest BCUT2D eigenvalue weighted by Gasteiger charge is -2.07. The van der Waals surface area contributed by atoms with Crippen LogP contribution in [0.25, 0.3) is 17.0 Å². The first-order chi connectivity index (χ1) is 13.2. The molecule has 0 spiro atoms.